The van der Waals surface area contributed by atoms with Gasteiger partial charge in [-0.05, 0) is 18.2 Å². The van der Waals surface area contributed by atoms with E-state index in [1.807, 2.05) is 18.2 Å². The molecule has 3 rings (SSSR count). The molecule has 3 aromatic rings. The van der Waals surface area contributed by atoms with Gasteiger partial charge >= 0.3 is 11.5 Å². The van der Waals surface area contributed by atoms with Gasteiger partial charge in [0.25, 0.3) is 0 Å². The summed E-state index contributed by atoms with van der Waals surface area (Å²) < 4.78 is 9.30. The third kappa shape index (κ3) is 3.29. The normalized spacial score (nSPS) is 9.68. The largest absolute Gasteiger partial charge is 0.432 e. The highest BCUT2D eigenvalue weighted by atomic mass is 16.6. The average molecular weight is 259 g/mol. The molecule has 1 aromatic carbocycles. The fourth-order valence-electron chi connectivity index (χ4n) is 1.39. The van der Waals surface area contributed by atoms with Gasteiger partial charge in [-0.1, -0.05) is 18.2 Å². The number of fused-ring (bicyclic) bond motifs is 1. The molecule has 2 aromatic heterocycles. The Kier molecular flexibility index (Phi) is 3.72. The molecule has 0 aliphatic heterocycles. The van der Waals surface area contributed by atoms with Gasteiger partial charge in [0.15, 0.2) is 0 Å². The topological polar surface area (TPSA) is 86.5 Å². The third-order valence-electron chi connectivity index (χ3n) is 2.21. The van der Waals surface area contributed by atoms with Crippen LogP contribution in [0.2, 0.25) is 0 Å². The summed E-state index contributed by atoms with van der Waals surface area (Å²) >= 11 is 0. The molecular weight excluding hydrogens is 250 g/mol. The van der Waals surface area contributed by atoms with Crippen LogP contribution in [0.15, 0.2) is 68.4 Å². The maximum absolute atomic E-state index is 10.7. The molecule has 0 amide bonds. The van der Waals surface area contributed by atoms with E-state index in [9.17, 15) is 14.9 Å². The van der Waals surface area contributed by atoms with Crippen molar-refractivity contribution in [1.29, 1.82) is 0 Å². The van der Waals surface area contributed by atoms with E-state index >= 15 is 0 Å². The first-order valence-corrected chi connectivity index (χ1v) is 5.33. The van der Waals surface area contributed by atoms with Gasteiger partial charge in [0.1, 0.15) is 10.5 Å². The van der Waals surface area contributed by atoms with Crippen LogP contribution in [0.4, 0.5) is 5.88 Å². The second-order valence-corrected chi connectivity index (χ2v) is 3.50. The molecule has 0 saturated heterocycles. The molecule has 2 heterocycles. The van der Waals surface area contributed by atoms with Gasteiger partial charge in [-0.3, -0.25) is 10.1 Å². The molecule has 0 atom stereocenters. The van der Waals surface area contributed by atoms with Gasteiger partial charge in [-0.2, -0.15) is 0 Å². The molecule has 0 saturated carbocycles. The van der Waals surface area contributed by atoms with Crippen molar-refractivity contribution in [1.82, 2.24) is 0 Å². The molecule has 0 N–H and O–H groups in total. The predicted octanol–water partition coefficient (Wildman–Crippen LogP) is 2.98. The van der Waals surface area contributed by atoms with Crippen molar-refractivity contribution in [2.45, 2.75) is 0 Å². The first kappa shape index (κ1) is 12.6. The standard InChI is InChI=1S/C9H6O2.C4H3NO3/c10-9-6-5-7-3-1-2-4-8(7)11-9;6-5(7)4-2-1-3-8-4/h1-6H;1-3H. The molecule has 0 aliphatic carbocycles. The molecule has 0 radical (unpaired) electrons. The minimum atomic E-state index is -0.583. The van der Waals surface area contributed by atoms with Crippen molar-refractivity contribution < 1.29 is 13.8 Å². The third-order valence-corrected chi connectivity index (χ3v) is 2.21. The Labute approximate surface area is 107 Å². The van der Waals surface area contributed by atoms with Gasteiger partial charge in [-0.25, -0.2) is 4.79 Å². The minimum absolute atomic E-state index is 0.218. The molecule has 96 valence electrons. The van der Waals surface area contributed by atoms with Crippen molar-refractivity contribution in [2.24, 2.45) is 0 Å². The highest BCUT2D eigenvalue weighted by Gasteiger charge is 2.04. The number of rotatable bonds is 1. The number of hydrogen-bond acceptors (Lipinski definition) is 5. The lowest BCUT2D eigenvalue weighted by atomic mass is 10.2. The lowest BCUT2D eigenvalue weighted by Gasteiger charge is -1.91. The van der Waals surface area contributed by atoms with Crippen molar-refractivity contribution in [3.63, 3.8) is 0 Å². The monoisotopic (exact) mass is 259 g/mol. The van der Waals surface area contributed by atoms with E-state index in [4.69, 9.17) is 4.42 Å². The first-order valence-electron chi connectivity index (χ1n) is 5.33. The van der Waals surface area contributed by atoms with Crippen LogP contribution in [0.25, 0.3) is 11.0 Å². The van der Waals surface area contributed by atoms with E-state index in [-0.39, 0.29) is 11.5 Å². The van der Waals surface area contributed by atoms with E-state index in [1.54, 1.807) is 12.1 Å². The number of benzene rings is 1. The lowest BCUT2D eigenvalue weighted by Crippen LogP contribution is -1.93. The number of furan rings is 1. The Hall–Kier alpha value is -2.89. The van der Waals surface area contributed by atoms with Crippen molar-refractivity contribution in [3.8, 4) is 0 Å². The highest BCUT2D eigenvalue weighted by molar-refractivity contribution is 5.75. The number of nitrogens with zero attached hydrogens (tertiary/aromatic N) is 1. The number of hydrogen-bond donors (Lipinski definition) is 0. The molecule has 0 unspecified atom stereocenters. The summed E-state index contributed by atoms with van der Waals surface area (Å²) in [7, 11) is 0. The second-order valence-electron chi connectivity index (χ2n) is 3.50. The average Bonchev–Trinajstić information content (AvgIpc) is 2.93. The SMILES string of the molecule is O=[N+]([O-])c1ccco1.O=c1ccc2ccccc2o1. The van der Waals surface area contributed by atoms with E-state index in [0.29, 0.717) is 5.58 Å². The summed E-state index contributed by atoms with van der Waals surface area (Å²) in [6, 6.07) is 13.4. The summed E-state index contributed by atoms with van der Waals surface area (Å²) in [5.74, 6) is -0.218. The summed E-state index contributed by atoms with van der Waals surface area (Å²) in [5, 5.41) is 10.7. The van der Waals surface area contributed by atoms with Crippen LogP contribution in [-0.2, 0) is 0 Å². The van der Waals surface area contributed by atoms with Crippen molar-refractivity contribution in [2.75, 3.05) is 0 Å². The van der Waals surface area contributed by atoms with E-state index in [2.05, 4.69) is 4.42 Å². The summed E-state index contributed by atoms with van der Waals surface area (Å²) in [6.45, 7) is 0. The van der Waals surface area contributed by atoms with Gasteiger partial charge in [0, 0.05) is 11.5 Å². The maximum Gasteiger partial charge on any atom is 0.432 e. The van der Waals surface area contributed by atoms with Crippen LogP contribution in [0, 0.1) is 10.1 Å². The molecule has 6 heteroatoms. The zero-order valence-corrected chi connectivity index (χ0v) is 9.68. The lowest BCUT2D eigenvalue weighted by molar-refractivity contribution is -0.402. The highest BCUT2D eigenvalue weighted by Crippen LogP contribution is 2.09. The zero-order valence-electron chi connectivity index (χ0n) is 9.68. The molecule has 6 nitrogen and oxygen atoms in total. The molecule has 0 spiro atoms. The van der Waals surface area contributed by atoms with Crippen molar-refractivity contribution >= 4 is 16.9 Å². The van der Waals surface area contributed by atoms with Crippen molar-refractivity contribution in [3.05, 3.63) is 75.3 Å². The number of para-hydroxylation sites is 1. The predicted molar refractivity (Wildman–Crippen MR) is 67.8 cm³/mol. The zero-order chi connectivity index (χ0) is 13.7. The Bertz CT molecular complexity index is 730. The fourth-order valence-corrected chi connectivity index (χ4v) is 1.39. The van der Waals surface area contributed by atoms with E-state index in [1.165, 1.54) is 24.5 Å². The van der Waals surface area contributed by atoms with Crippen LogP contribution < -0.4 is 5.63 Å². The maximum atomic E-state index is 10.7. The summed E-state index contributed by atoms with van der Waals surface area (Å²) in [5.41, 5.74) is 0.337. The van der Waals surface area contributed by atoms with Crippen LogP contribution in [0.5, 0.6) is 0 Å². The Morgan fingerprint density at radius 3 is 2.42 bits per heavy atom. The van der Waals surface area contributed by atoms with Gasteiger partial charge in [-0.15, -0.1) is 0 Å². The van der Waals surface area contributed by atoms with Crippen LogP contribution in [0.3, 0.4) is 0 Å². The smallest absolute Gasteiger partial charge is 0.423 e. The van der Waals surface area contributed by atoms with E-state index < -0.39 is 4.92 Å². The number of nitro groups is 1. The molecule has 19 heavy (non-hydrogen) atoms. The Morgan fingerprint density at radius 2 is 1.79 bits per heavy atom. The quantitative estimate of drug-likeness (QED) is 0.381. The Balaban J connectivity index is 0.000000148. The van der Waals surface area contributed by atoms with Crippen LogP contribution >= 0.6 is 0 Å². The van der Waals surface area contributed by atoms with Crippen LogP contribution in [0.1, 0.15) is 0 Å². The second kappa shape index (κ2) is 5.63. The first-order chi connectivity index (χ1) is 9.16. The van der Waals surface area contributed by atoms with E-state index in [0.717, 1.165) is 5.39 Å². The van der Waals surface area contributed by atoms with Crippen LogP contribution in [-0.4, -0.2) is 4.92 Å². The molecule has 0 bridgehead atoms. The minimum Gasteiger partial charge on any atom is -0.423 e. The Morgan fingerprint density at radius 1 is 1.00 bits per heavy atom. The van der Waals surface area contributed by atoms with Gasteiger partial charge in [0.2, 0.25) is 0 Å². The molecule has 0 fully saturated rings. The molecule has 0 aliphatic rings. The van der Waals surface area contributed by atoms with Gasteiger partial charge < -0.3 is 8.83 Å². The summed E-state index contributed by atoms with van der Waals surface area (Å²) in [4.78, 5) is 19.9. The molecular formula is C13H9NO5. The fraction of sp³-hybridized carbons (Fsp3) is 0. The van der Waals surface area contributed by atoms with Gasteiger partial charge in [0.05, 0.1) is 12.3 Å². The summed E-state index contributed by atoms with van der Waals surface area (Å²) in [6.07, 6.45) is 1.26.